The average Bonchev–Trinajstić information content (AvgIpc) is 2.31. The van der Waals surface area contributed by atoms with E-state index in [9.17, 15) is 13.5 Å². The van der Waals surface area contributed by atoms with Gasteiger partial charge in [0, 0.05) is 11.9 Å². The molecule has 104 valence electrons. The highest BCUT2D eigenvalue weighted by atomic mass is 32.2. The zero-order valence-electron chi connectivity index (χ0n) is 11.0. The molecule has 0 aliphatic carbocycles. The van der Waals surface area contributed by atoms with Crippen LogP contribution < -0.4 is 0 Å². The molecule has 2 bridgehead atoms. The zero-order chi connectivity index (χ0) is 13.7. The van der Waals surface area contributed by atoms with Gasteiger partial charge < -0.3 is 5.11 Å². The summed E-state index contributed by atoms with van der Waals surface area (Å²) in [7, 11) is -3.03. The Kier molecular flexibility index (Phi) is 2.94. The molecule has 2 unspecified atom stereocenters. The molecular weight excluding hydrogens is 262 g/mol. The zero-order valence-corrected chi connectivity index (χ0v) is 11.9. The molecule has 19 heavy (non-hydrogen) atoms. The van der Waals surface area contributed by atoms with Gasteiger partial charge in [0.25, 0.3) is 0 Å². The first kappa shape index (κ1) is 13.1. The predicted molar refractivity (Wildman–Crippen MR) is 72.5 cm³/mol. The van der Waals surface area contributed by atoms with E-state index in [1.165, 1.54) is 0 Å². The number of fused-ring (bicyclic) bond motifs is 2. The second-order valence-electron chi connectivity index (χ2n) is 5.89. The molecule has 0 aromatic carbocycles. The van der Waals surface area contributed by atoms with E-state index >= 15 is 0 Å². The SMILES string of the molecule is Cc1cc(C2(O)CC3CCCC(C2)S3(=O)=O)ccn1. The lowest BCUT2D eigenvalue weighted by molar-refractivity contribution is 0.00488. The van der Waals surface area contributed by atoms with Gasteiger partial charge in [0.2, 0.25) is 0 Å². The van der Waals surface area contributed by atoms with Crippen LogP contribution in [-0.2, 0) is 15.4 Å². The van der Waals surface area contributed by atoms with Crippen molar-refractivity contribution in [1.82, 2.24) is 4.98 Å². The molecule has 2 atom stereocenters. The molecule has 0 saturated carbocycles. The molecule has 5 heteroatoms. The third-order valence-electron chi connectivity index (χ3n) is 4.55. The Balaban J connectivity index is 1.99. The van der Waals surface area contributed by atoms with Crippen LogP contribution in [0.15, 0.2) is 18.3 Å². The molecule has 3 heterocycles. The monoisotopic (exact) mass is 281 g/mol. The van der Waals surface area contributed by atoms with Crippen LogP contribution in [0.4, 0.5) is 0 Å². The van der Waals surface area contributed by atoms with E-state index in [4.69, 9.17) is 0 Å². The van der Waals surface area contributed by atoms with E-state index < -0.39 is 15.4 Å². The summed E-state index contributed by atoms with van der Waals surface area (Å²) < 4.78 is 24.5. The second-order valence-corrected chi connectivity index (χ2v) is 8.40. The highest BCUT2D eigenvalue weighted by Crippen LogP contribution is 2.45. The minimum Gasteiger partial charge on any atom is -0.385 e. The first-order valence-corrected chi connectivity index (χ1v) is 8.41. The Hall–Kier alpha value is -0.940. The van der Waals surface area contributed by atoms with Gasteiger partial charge in [-0.1, -0.05) is 6.42 Å². The van der Waals surface area contributed by atoms with Gasteiger partial charge in [-0.05, 0) is 50.3 Å². The van der Waals surface area contributed by atoms with Crippen molar-refractivity contribution in [2.75, 3.05) is 0 Å². The number of hydrogen-bond acceptors (Lipinski definition) is 4. The van der Waals surface area contributed by atoms with Crippen LogP contribution in [0.5, 0.6) is 0 Å². The van der Waals surface area contributed by atoms with Crippen molar-refractivity contribution in [3.8, 4) is 0 Å². The molecule has 2 aliphatic rings. The summed E-state index contributed by atoms with van der Waals surface area (Å²) in [5, 5.41) is 10.2. The molecule has 1 aromatic rings. The van der Waals surface area contributed by atoms with Crippen molar-refractivity contribution < 1.29 is 13.5 Å². The summed E-state index contributed by atoms with van der Waals surface area (Å²) in [4.78, 5) is 4.14. The lowest BCUT2D eigenvalue weighted by Crippen LogP contribution is -2.50. The van der Waals surface area contributed by atoms with Gasteiger partial charge in [0.1, 0.15) is 0 Å². The summed E-state index contributed by atoms with van der Waals surface area (Å²) >= 11 is 0. The van der Waals surface area contributed by atoms with Gasteiger partial charge in [0.05, 0.1) is 16.1 Å². The third kappa shape index (κ3) is 2.09. The van der Waals surface area contributed by atoms with Gasteiger partial charge in [-0.15, -0.1) is 0 Å². The Morgan fingerprint density at radius 1 is 1.32 bits per heavy atom. The van der Waals surface area contributed by atoms with Gasteiger partial charge >= 0.3 is 0 Å². The topological polar surface area (TPSA) is 67.3 Å². The summed E-state index contributed by atoms with van der Waals surface area (Å²) in [6.07, 6.45) is 4.67. The number of aryl methyl sites for hydroxylation is 1. The van der Waals surface area contributed by atoms with Crippen LogP contribution >= 0.6 is 0 Å². The van der Waals surface area contributed by atoms with E-state index in [2.05, 4.69) is 4.98 Å². The number of rotatable bonds is 1. The minimum atomic E-state index is -3.03. The van der Waals surface area contributed by atoms with Crippen LogP contribution in [-0.4, -0.2) is 29.0 Å². The molecular formula is C14H19NO3S. The molecule has 2 saturated heterocycles. The number of nitrogens with zero attached hydrogens (tertiary/aromatic N) is 1. The number of sulfone groups is 1. The van der Waals surface area contributed by atoms with E-state index in [1.54, 1.807) is 12.3 Å². The lowest BCUT2D eigenvalue weighted by Gasteiger charge is -2.44. The minimum absolute atomic E-state index is 0.329. The van der Waals surface area contributed by atoms with Crippen molar-refractivity contribution in [3.63, 3.8) is 0 Å². The van der Waals surface area contributed by atoms with Crippen molar-refractivity contribution >= 4 is 9.84 Å². The van der Waals surface area contributed by atoms with E-state index in [-0.39, 0.29) is 10.5 Å². The van der Waals surface area contributed by atoms with Crippen LogP contribution in [0.2, 0.25) is 0 Å². The fourth-order valence-corrected chi connectivity index (χ4v) is 6.07. The Labute approximate surface area is 113 Å². The molecule has 4 nitrogen and oxygen atoms in total. The highest BCUT2D eigenvalue weighted by molar-refractivity contribution is 7.92. The smallest absolute Gasteiger partial charge is 0.156 e. The highest BCUT2D eigenvalue weighted by Gasteiger charge is 2.50. The molecule has 1 N–H and O–H groups in total. The molecule has 0 radical (unpaired) electrons. The van der Waals surface area contributed by atoms with Gasteiger partial charge in [0.15, 0.2) is 9.84 Å². The molecule has 1 aromatic heterocycles. The maximum absolute atomic E-state index is 12.3. The van der Waals surface area contributed by atoms with Crippen LogP contribution in [0.1, 0.15) is 43.4 Å². The van der Waals surface area contributed by atoms with Crippen LogP contribution in [0.25, 0.3) is 0 Å². The Morgan fingerprint density at radius 2 is 1.95 bits per heavy atom. The van der Waals surface area contributed by atoms with Crippen molar-refractivity contribution in [1.29, 1.82) is 0 Å². The van der Waals surface area contributed by atoms with Gasteiger partial charge in [-0.2, -0.15) is 0 Å². The average molecular weight is 281 g/mol. The Bertz CT molecular complexity index is 576. The first-order chi connectivity index (χ1) is 8.92. The van der Waals surface area contributed by atoms with Gasteiger partial charge in [-0.25, -0.2) is 8.42 Å². The fourth-order valence-electron chi connectivity index (χ4n) is 3.52. The van der Waals surface area contributed by atoms with E-state index in [1.807, 2.05) is 13.0 Å². The normalized spacial score (nSPS) is 36.9. The number of pyridine rings is 1. The summed E-state index contributed by atoms with van der Waals surface area (Å²) in [6.45, 7) is 1.88. The summed E-state index contributed by atoms with van der Waals surface area (Å²) in [5.74, 6) is 0. The van der Waals surface area contributed by atoms with Gasteiger partial charge in [-0.3, -0.25) is 4.98 Å². The first-order valence-electron chi connectivity index (χ1n) is 6.80. The number of aliphatic hydroxyl groups is 1. The number of hydrogen-bond donors (Lipinski definition) is 1. The quantitative estimate of drug-likeness (QED) is 0.851. The molecule has 2 fully saturated rings. The van der Waals surface area contributed by atoms with Crippen molar-refractivity contribution in [2.24, 2.45) is 0 Å². The summed E-state index contributed by atoms with van der Waals surface area (Å²) in [6, 6.07) is 3.67. The maximum atomic E-state index is 12.3. The van der Waals surface area contributed by atoms with Crippen LogP contribution in [0.3, 0.4) is 0 Å². The maximum Gasteiger partial charge on any atom is 0.156 e. The largest absolute Gasteiger partial charge is 0.385 e. The fraction of sp³-hybridized carbons (Fsp3) is 0.643. The van der Waals surface area contributed by atoms with E-state index in [0.717, 1.165) is 17.7 Å². The van der Waals surface area contributed by atoms with Crippen molar-refractivity contribution in [2.45, 2.75) is 55.1 Å². The second kappa shape index (κ2) is 4.28. The predicted octanol–water partition coefficient (Wildman–Crippen LogP) is 1.71. The molecule has 2 aliphatic heterocycles. The number of aromatic nitrogens is 1. The van der Waals surface area contributed by atoms with Crippen LogP contribution in [0, 0.1) is 6.92 Å². The summed E-state index contributed by atoms with van der Waals surface area (Å²) in [5.41, 5.74) is 0.658. The molecule has 3 rings (SSSR count). The lowest BCUT2D eigenvalue weighted by atomic mass is 9.80. The molecule has 0 spiro atoms. The third-order valence-corrected chi connectivity index (χ3v) is 7.21. The molecule has 0 amide bonds. The van der Waals surface area contributed by atoms with E-state index in [0.29, 0.717) is 25.7 Å². The Morgan fingerprint density at radius 3 is 2.53 bits per heavy atom. The standard InChI is InChI=1S/C14H19NO3S/c1-10-7-11(5-6-15-10)14(16)8-12-3-2-4-13(9-14)19(12,17)18/h5-7,12-13,16H,2-4,8-9H2,1H3. The van der Waals surface area contributed by atoms with Crippen molar-refractivity contribution in [3.05, 3.63) is 29.6 Å².